The number of hydrogen-bond donors (Lipinski definition) is 3. The molecule has 0 aromatic heterocycles. The highest BCUT2D eigenvalue weighted by molar-refractivity contribution is 7.88. The number of carbonyl (C=O) groups is 1. The third kappa shape index (κ3) is 6.44. The van der Waals surface area contributed by atoms with Crippen LogP contribution >= 0.6 is 0 Å². The van der Waals surface area contributed by atoms with E-state index in [1.165, 1.54) is 5.56 Å². The van der Waals surface area contributed by atoms with Gasteiger partial charge in [0, 0.05) is 13.1 Å². The Morgan fingerprint density at radius 2 is 1.91 bits per heavy atom. The quantitative estimate of drug-likeness (QED) is 0.665. The van der Waals surface area contributed by atoms with Gasteiger partial charge in [-0.15, -0.1) is 0 Å². The Bertz CT molecular complexity index is 614. The summed E-state index contributed by atoms with van der Waals surface area (Å²) in [6, 6.07) is 5.78. The number of rotatable bonds is 7. The fraction of sp³-hybridized carbons (Fsp3) is 0.533. The van der Waals surface area contributed by atoms with Gasteiger partial charge in [-0.05, 0) is 31.4 Å². The Morgan fingerprint density at radius 1 is 1.23 bits per heavy atom. The van der Waals surface area contributed by atoms with Gasteiger partial charge in [-0.3, -0.25) is 0 Å². The van der Waals surface area contributed by atoms with Gasteiger partial charge in [-0.2, -0.15) is 0 Å². The van der Waals surface area contributed by atoms with E-state index in [1.54, 1.807) is 0 Å². The molecule has 0 spiro atoms. The maximum atomic E-state index is 11.9. The van der Waals surface area contributed by atoms with E-state index < -0.39 is 10.0 Å². The fourth-order valence-electron chi connectivity index (χ4n) is 2.24. The fourth-order valence-corrected chi connectivity index (χ4v) is 2.71. The molecule has 0 bridgehead atoms. The van der Waals surface area contributed by atoms with Gasteiger partial charge < -0.3 is 10.6 Å². The highest BCUT2D eigenvalue weighted by atomic mass is 32.2. The van der Waals surface area contributed by atoms with E-state index >= 15 is 0 Å². The molecule has 0 saturated carbocycles. The molecule has 0 fully saturated rings. The molecule has 0 aliphatic heterocycles. The minimum atomic E-state index is -3.22. The van der Waals surface area contributed by atoms with Crippen molar-refractivity contribution in [3.05, 3.63) is 34.9 Å². The Hall–Kier alpha value is -1.60. The lowest BCUT2D eigenvalue weighted by molar-refractivity contribution is 0.237. The van der Waals surface area contributed by atoms with Crippen LogP contribution in [0.5, 0.6) is 0 Å². The number of urea groups is 1. The number of benzene rings is 1. The Kier molecular flexibility index (Phi) is 6.83. The summed E-state index contributed by atoms with van der Waals surface area (Å²) in [6.07, 6.45) is 1.86. The SMILES string of the molecule is CCC(NC(=O)NCCNS(C)(=O)=O)c1ccc(C)cc1C. The van der Waals surface area contributed by atoms with Crippen LogP contribution < -0.4 is 15.4 Å². The predicted molar refractivity (Wildman–Crippen MR) is 88.3 cm³/mol. The summed E-state index contributed by atoms with van der Waals surface area (Å²) in [6.45, 7) is 6.48. The average Bonchev–Trinajstić information content (AvgIpc) is 2.40. The normalized spacial score (nSPS) is 12.7. The largest absolute Gasteiger partial charge is 0.337 e. The molecule has 0 saturated heterocycles. The van der Waals surface area contributed by atoms with E-state index in [0.717, 1.165) is 23.8 Å². The molecule has 124 valence electrons. The van der Waals surface area contributed by atoms with Crippen molar-refractivity contribution in [3.63, 3.8) is 0 Å². The van der Waals surface area contributed by atoms with Crippen LogP contribution in [-0.2, 0) is 10.0 Å². The first-order valence-electron chi connectivity index (χ1n) is 7.29. The Morgan fingerprint density at radius 3 is 2.45 bits per heavy atom. The van der Waals surface area contributed by atoms with Crippen LogP contribution in [0.15, 0.2) is 18.2 Å². The van der Waals surface area contributed by atoms with Crippen molar-refractivity contribution >= 4 is 16.1 Å². The number of nitrogens with one attached hydrogen (secondary N) is 3. The summed E-state index contributed by atoms with van der Waals surface area (Å²) in [5, 5.41) is 5.56. The lowest BCUT2D eigenvalue weighted by atomic mass is 9.98. The molecule has 1 aromatic carbocycles. The van der Waals surface area contributed by atoms with E-state index in [-0.39, 0.29) is 25.2 Å². The molecule has 0 aliphatic carbocycles. The molecule has 3 N–H and O–H groups in total. The zero-order chi connectivity index (χ0) is 16.8. The topological polar surface area (TPSA) is 87.3 Å². The van der Waals surface area contributed by atoms with Gasteiger partial charge in [0.05, 0.1) is 12.3 Å². The van der Waals surface area contributed by atoms with E-state index in [9.17, 15) is 13.2 Å². The van der Waals surface area contributed by atoms with Crippen molar-refractivity contribution in [1.29, 1.82) is 0 Å². The molecule has 6 nitrogen and oxygen atoms in total. The molecule has 2 amide bonds. The van der Waals surface area contributed by atoms with Gasteiger partial charge in [0.2, 0.25) is 10.0 Å². The second-order valence-electron chi connectivity index (χ2n) is 5.39. The highest BCUT2D eigenvalue weighted by Crippen LogP contribution is 2.21. The summed E-state index contributed by atoms with van der Waals surface area (Å²) in [5.41, 5.74) is 3.43. The predicted octanol–water partition coefficient (Wildman–Crippen LogP) is 1.60. The van der Waals surface area contributed by atoms with Gasteiger partial charge in [0.1, 0.15) is 0 Å². The summed E-state index contributed by atoms with van der Waals surface area (Å²) in [4.78, 5) is 11.9. The molecule has 7 heteroatoms. The molecule has 0 radical (unpaired) electrons. The van der Waals surface area contributed by atoms with Gasteiger partial charge in [-0.25, -0.2) is 17.9 Å². The summed E-state index contributed by atoms with van der Waals surface area (Å²) in [5.74, 6) is 0. The zero-order valence-corrected chi connectivity index (χ0v) is 14.4. The molecule has 1 unspecified atom stereocenters. The third-order valence-corrected chi connectivity index (χ3v) is 4.02. The van der Waals surface area contributed by atoms with Crippen molar-refractivity contribution < 1.29 is 13.2 Å². The van der Waals surface area contributed by atoms with Crippen LogP contribution in [0.1, 0.15) is 36.1 Å². The van der Waals surface area contributed by atoms with Crippen molar-refractivity contribution in [2.24, 2.45) is 0 Å². The third-order valence-electron chi connectivity index (χ3n) is 3.29. The monoisotopic (exact) mass is 327 g/mol. The lowest BCUT2D eigenvalue weighted by Crippen LogP contribution is -2.41. The first-order valence-corrected chi connectivity index (χ1v) is 9.18. The van der Waals surface area contributed by atoms with Crippen molar-refractivity contribution in [2.75, 3.05) is 19.3 Å². The lowest BCUT2D eigenvalue weighted by Gasteiger charge is -2.20. The van der Waals surface area contributed by atoms with Crippen molar-refractivity contribution in [2.45, 2.75) is 33.2 Å². The first kappa shape index (κ1) is 18.4. The molecule has 1 aromatic rings. The Balaban J connectivity index is 2.53. The van der Waals surface area contributed by atoms with E-state index in [1.807, 2.05) is 32.9 Å². The van der Waals surface area contributed by atoms with Crippen LogP contribution in [0.4, 0.5) is 4.79 Å². The molecule has 0 aliphatic rings. The number of amides is 2. The smallest absolute Gasteiger partial charge is 0.315 e. The molecule has 1 rings (SSSR count). The zero-order valence-electron chi connectivity index (χ0n) is 13.6. The minimum absolute atomic E-state index is 0.0662. The number of aryl methyl sites for hydroxylation is 2. The summed E-state index contributed by atoms with van der Waals surface area (Å²) < 4.78 is 24.1. The van der Waals surface area contributed by atoms with Crippen LogP contribution in [0.3, 0.4) is 0 Å². The maximum absolute atomic E-state index is 11.9. The highest BCUT2D eigenvalue weighted by Gasteiger charge is 2.14. The van der Waals surface area contributed by atoms with Crippen LogP contribution in [0.2, 0.25) is 0 Å². The minimum Gasteiger partial charge on any atom is -0.337 e. The second kappa shape index (κ2) is 8.14. The van der Waals surface area contributed by atoms with E-state index in [2.05, 4.69) is 21.4 Å². The van der Waals surface area contributed by atoms with Gasteiger partial charge in [0.15, 0.2) is 0 Å². The number of hydrogen-bond acceptors (Lipinski definition) is 3. The van der Waals surface area contributed by atoms with E-state index in [4.69, 9.17) is 0 Å². The number of sulfonamides is 1. The van der Waals surface area contributed by atoms with Crippen LogP contribution in [0, 0.1) is 13.8 Å². The van der Waals surface area contributed by atoms with Crippen molar-refractivity contribution in [1.82, 2.24) is 15.4 Å². The Labute approximate surface area is 132 Å². The number of carbonyl (C=O) groups excluding carboxylic acids is 1. The second-order valence-corrected chi connectivity index (χ2v) is 7.22. The molecule has 22 heavy (non-hydrogen) atoms. The van der Waals surface area contributed by atoms with Crippen LogP contribution in [-0.4, -0.2) is 33.8 Å². The van der Waals surface area contributed by atoms with Gasteiger partial charge in [-0.1, -0.05) is 30.7 Å². The molecular formula is C15H25N3O3S. The average molecular weight is 327 g/mol. The molecular weight excluding hydrogens is 302 g/mol. The van der Waals surface area contributed by atoms with Gasteiger partial charge in [0.25, 0.3) is 0 Å². The summed E-state index contributed by atoms with van der Waals surface area (Å²) in [7, 11) is -3.22. The summed E-state index contributed by atoms with van der Waals surface area (Å²) >= 11 is 0. The van der Waals surface area contributed by atoms with E-state index in [0.29, 0.717) is 0 Å². The van der Waals surface area contributed by atoms with Crippen molar-refractivity contribution in [3.8, 4) is 0 Å². The molecule has 1 atom stereocenters. The van der Waals surface area contributed by atoms with Crippen LogP contribution in [0.25, 0.3) is 0 Å². The maximum Gasteiger partial charge on any atom is 0.315 e. The molecule has 0 heterocycles. The van der Waals surface area contributed by atoms with Gasteiger partial charge >= 0.3 is 6.03 Å². The standard InChI is InChI=1S/C15H25N3O3S/c1-5-14(13-7-6-11(2)10-12(13)3)18-15(19)16-8-9-17-22(4,20)21/h6-7,10,14,17H,5,8-9H2,1-4H3,(H2,16,18,19). The first-order chi connectivity index (χ1) is 10.2.